The number of nitrogens with zero attached hydrogens (tertiary/aromatic N) is 2. The van der Waals surface area contributed by atoms with Gasteiger partial charge in [-0.15, -0.1) is 0 Å². The maximum Gasteiger partial charge on any atom is 0.261 e. The first-order valence-corrected chi connectivity index (χ1v) is 6.25. The van der Waals surface area contributed by atoms with Crippen molar-refractivity contribution >= 4 is 28.7 Å². The fraction of sp³-hybridized carbons (Fsp3) is 0.273. The summed E-state index contributed by atoms with van der Waals surface area (Å²) in [6, 6.07) is 1.83. The maximum atomic E-state index is 11.9. The van der Waals surface area contributed by atoms with Crippen molar-refractivity contribution < 1.29 is 4.79 Å². The Hall–Kier alpha value is -1.89. The highest BCUT2D eigenvalue weighted by Crippen LogP contribution is 2.16. The standard InChI is InChI=1S/C11H12N4O2S/c1-5-3-6(2)13-9-8(5)10(17)15-11(14-9)18-4-7(12)16/h3H,4H2,1-2H3,(H2,12,16)(H,13,14,15,17). The summed E-state index contributed by atoms with van der Waals surface area (Å²) >= 11 is 1.09. The summed E-state index contributed by atoms with van der Waals surface area (Å²) < 4.78 is 0. The number of pyridine rings is 1. The number of rotatable bonds is 3. The molecule has 0 fully saturated rings. The smallest absolute Gasteiger partial charge is 0.261 e. The lowest BCUT2D eigenvalue weighted by Gasteiger charge is -2.04. The molecule has 2 aromatic heterocycles. The molecule has 1 amide bonds. The van der Waals surface area contributed by atoms with Gasteiger partial charge in [-0.3, -0.25) is 9.59 Å². The largest absolute Gasteiger partial charge is 0.369 e. The van der Waals surface area contributed by atoms with Gasteiger partial charge < -0.3 is 10.7 Å². The van der Waals surface area contributed by atoms with Crippen LogP contribution in [-0.2, 0) is 4.79 Å². The zero-order valence-electron chi connectivity index (χ0n) is 9.98. The SMILES string of the molecule is Cc1cc(C)c2c(=O)[nH]c(SCC(N)=O)nc2n1. The van der Waals surface area contributed by atoms with Gasteiger partial charge in [0.05, 0.1) is 11.1 Å². The van der Waals surface area contributed by atoms with Gasteiger partial charge in [-0.2, -0.15) is 0 Å². The average Bonchev–Trinajstić information content (AvgIpc) is 2.24. The lowest BCUT2D eigenvalue weighted by atomic mass is 10.2. The molecule has 3 N–H and O–H groups in total. The number of hydrogen-bond donors (Lipinski definition) is 2. The second-order valence-corrected chi connectivity index (χ2v) is 4.87. The van der Waals surface area contributed by atoms with Crippen LogP contribution in [0, 0.1) is 13.8 Å². The monoisotopic (exact) mass is 264 g/mol. The van der Waals surface area contributed by atoms with Crippen molar-refractivity contribution in [2.24, 2.45) is 5.73 Å². The van der Waals surface area contributed by atoms with Crippen molar-refractivity contribution in [3.8, 4) is 0 Å². The van der Waals surface area contributed by atoms with Crippen LogP contribution < -0.4 is 11.3 Å². The maximum absolute atomic E-state index is 11.9. The van der Waals surface area contributed by atoms with Crippen molar-refractivity contribution in [2.75, 3.05) is 5.75 Å². The predicted molar refractivity (Wildman–Crippen MR) is 69.6 cm³/mol. The van der Waals surface area contributed by atoms with Gasteiger partial charge in [0, 0.05) is 5.69 Å². The molecule has 0 spiro atoms. The quantitative estimate of drug-likeness (QED) is 0.621. The van der Waals surface area contributed by atoms with E-state index in [0.717, 1.165) is 23.0 Å². The number of amides is 1. The van der Waals surface area contributed by atoms with Gasteiger partial charge in [0.1, 0.15) is 0 Å². The number of aryl methyl sites for hydroxylation is 2. The molecular formula is C11H12N4O2S. The van der Waals surface area contributed by atoms with E-state index < -0.39 is 5.91 Å². The van der Waals surface area contributed by atoms with Crippen LogP contribution >= 0.6 is 11.8 Å². The number of fused-ring (bicyclic) bond motifs is 1. The summed E-state index contributed by atoms with van der Waals surface area (Å²) in [5, 5.41) is 0.827. The molecule has 2 heterocycles. The Labute approximate surface area is 107 Å². The first-order chi connectivity index (χ1) is 8.47. The van der Waals surface area contributed by atoms with Crippen molar-refractivity contribution in [3.63, 3.8) is 0 Å². The molecule has 0 saturated heterocycles. The number of H-pyrrole nitrogens is 1. The highest BCUT2D eigenvalue weighted by molar-refractivity contribution is 7.99. The van der Waals surface area contributed by atoms with E-state index in [1.807, 2.05) is 19.9 Å². The van der Waals surface area contributed by atoms with E-state index in [0.29, 0.717) is 16.2 Å². The number of carbonyl (C=O) groups excluding carboxylic acids is 1. The average molecular weight is 264 g/mol. The van der Waals surface area contributed by atoms with Gasteiger partial charge in [0.2, 0.25) is 5.91 Å². The Balaban J connectivity index is 2.55. The van der Waals surface area contributed by atoms with Crippen LogP contribution in [0.2, 0.25) is 0 Å². The van der Waals surface area contributed by atoms with E-state index in [4.69, 9.17) is 5.73 Å². The predicted octanol–water partition coefficient (Wildman–Crippen LogP) is 0.512. The molecule has 94 valence electrons. The third-order valence-corrected chi connectivity index (χ3v) is 3.23. The van der Waals surface area contributed by atoms with Crippen LogP contribution in [0.5, 0.6) is 0 Å². The van der Waals surface area contributed by atoms with Gasteiger partial charge in [-0.05, 0) is 25.5 Å². The number of aromatic amines is 1. The Kier molecular flexibility index (Phi) is 3.33. The van der Waals surface area contributed by atoms with Crippen molar-refractivity contribution in [1.82, 2.24) is 15.0 Å². The van der Waals surface area contributed by atoms with E-state index in [9.17, 15) is 9.59 Å². The second kappa shape index (κ2) is 4.77. The van der Waals surface area contributed by atoms with Gasteiger partial charge in [-0.25, -0.2) is 9.97 Å². The van der Waals surface area contributed by atoms with E-state index in [-0.39, 0.29) is 11.3 Å². The van der Waals surface area contributed by atoms with Crippen molar-refractivity contribution in [2.45, 2.75) is 19.0 Å². The molecule has 2 rings (SSSR count). The molecule has 0 saturated carbocycles. The van der Waals surface area contributed by atoms with Crippen LogP contribution in [0.3, 0.4) is 0 Å². The minimum Gasteiger partial charge on any atom is -0.369 e. The molecule has 18 heavy (non-hydrogen) atoms. The first kappa shape index (κ1) is 12.6. The molecule has 7 heteroatoms. The van der Waals surface area contributed by atoms with E-state index >= 15 is 0 Å². The highest BCUT2D eigenvalue weighted by atomic mass is 32.2. The number of thioether (sulfide) groups is 1. The summed E-state index contributed by atoms with van der Waals surface area (Å²) in [4.78, 5) is 33.7. The summed E-state index contributed by atoms with van der Waals surface area (Å²) in [5.74, 6) is -0.393. The topological polar surface area (TPSA) is 102 Å². The Morgan fingerprint density at radius 1 is 1.44 bits per heavy atom. The summed E-state index contributed by atoms with van der Waals surface area (Å²) in [7, 11) is 0. The van der Waals surface area contributed by atoms with Crippen molar-refractivity contribution in [3.05, 3.63) is 27.7 Å². The molecule has 2 aromatic rings. The number of carbonyl (C=O) groups is 1. The molecule has 0 bridgehead atoms. The summed E-state index contributed by atoms with van der Waals surface area (Å²) in [5.41, 5.74) is 6.81. The molecule has 0 radical (unpaired) electrons. The summed E-state index contributed by atoms with van der Waals surface area (Å²) in [6.07, 6.45) is 0. The normalized spacial score (nSPS) is 10.8. The van der Waals surface area contributed by atoms with Gasteiger partial charge in [0.15, 0.2) is 10.8 Å². The molecular weight excluding hydrogens is 252 g/mol. The van der Waals surface area contributed by atoms with Crippen LogP contribution in [0.25, 0.3) is 11.0 Å². The molecule has 0 unspecified atom stereocenters. The molecule has 0 atom stereocenters. The Morgan fingerprint density at radius 3 is 2.83 bits per heavy atom. The Bertz CT molecular complexity index is 681. The first-order valence-electron chi connectivity index (χ1n) is 5.27. The van der Waals surface area contributed by atoms with Crippen LogP contribution in [-0.4, -0.2) is 26.6 Å². The lowest BCUT2D eigenvalue weighted by Crippen LogP contribution is -2.16. The molecule has 0 aliphatic rings. The lowest BCUT2D eigenvalue weighted by molar-refractivity contribution is -0.115. The fourth-order valence-electron chi connectivity index (χ4n) is 1.67. The number of primary amides is 1. The number of aromatic nitrogens is 3. The zero-order valence-corrected chi connectivity index (χ0v) is 10.8. The van der Waals surface area contributed by atoms with Crippen LogP contribution in [0.15, 0.2) is 16.0 Å². The number of hydrogen-bond acceptors (Lipinski definition) is 5. The fourth-order valence-corrected chi connectivity index (χ4v) is 2.27. The third-order valence-electron chi connectivity index (χ3n) is 2.33. The number of nitrogens with one attached hydrogen (secondary N) is 1. The molecule has 6 nitrogen and oxygen atoms in total. The van der Waals surface area contributed by atoms with E-state index in [2.05, 4.69) is 15.0 Å². The van der Waals surface area contributed by atoms with Crippen LogP contribution in [0.1, 0.15) is 11.3 Å². The highest BCUT2D eigenvalue weighted by Gasteiger charge is 2.09. The van der Waals surface area contributed by atoms with Gasteiger partial charge >= 0.3 is 0 Å². The minimum absolute atomic E-state index is 0.0687. The van der Waals surface area contributed by atoms with Crippen molar-refractivity contribution in [1.29, 1.82) is 0 Å². The molecule has 0 aliphatic carbocycles. The zero-order chi connectivity index (χ0) is 13.3. The van der Waals surface area contributed by atoms with E-state index in [1.165, 1.54) is 0 Å². The van der Waals surface area contributed by atoms with Crippen LogP contribution in [0.4, 0.5) is 0 Å². The second-order valence-electron chi connectivity index (χ2n) is 3.91. The van der Waals surface area contributed by atoms with Gasteiger partial charge in [0.25, 0.3) is 5.56 Å². The Morgan fingerprint density at radius 2 is 2.17 bits per heavy atom. The van der Waals surface area contributed by atoms with E-state index in [1.54, 1.807) is 0 Å². The molecule has 0 aliphatic heterocycles. The number of nitrogens with two attached hydrogens (primary N) is 1. The summed E-state index contributed by atoms with van der Waals surface area (Å²) in [6.45, 7) is 3.68. The third kappa shape index (κ3) is 2.51. The van der Waals surface area contributed by atoms with Gasteiger partial charge in [-0.1, -0.05) is 11.8 Å². The minimum atomic E-state index is -0.462. The molecule has 0 aromatic carbocycles.